The third-order valence-electron chi connectivity index (χ3n) is 6.68. The average Bonchev–Trinajstić information content (AvgIpc) is 3.54. The Labute approximate surface area is 280 Å². The number of hydrogen-bond donors (Lipinski definition) is 2. The van der Waals surface area contributed by atoms with Crippen LogP contribution in [0.15, 0.2) is 65.4 Å². The fraction of sp³-hybridized carbons (Fsp3) is 0.333. The van der Waals surface area contributed by atoms with Crippen molar-refractivity contribution in [2.45, 2.75) is 62.8 Å². The summed E-state index contributed by atoms with van der Waals surface area (Å²) in [5.41, 5.74) is 3.22. The van der Waals surface area contributed by atoms with Gasteiger partial charge in [0.1, 0.15) is 22.9 Å². The summed E-state index contributed by atoms with van der Waals surface area (Å²) in [7, 11) is 0. The number of rotatable bonds is 4. The monoisotopic (exact) mass is 717 g/mol. The van der Waals surface area contributed by atoms with Crippen LogP contribution >= 0.6 is 22.7 Å². The van der Waals surface area contributed by atoms with Gasteiger partial charge >= 0.3 is 10.0 Å². The van der Waals surface area contributed by atoms with Crippen molar-refractivity contribution in [1.29, 1.82) is 0 Å². The molecular formula is C27H30CoN8O8S2-2. The molecule has 0 saturated carbocycles. The molecule has 4 rings (SSSR count). The largest absolute Gasteiger partial charge is 0.505 e. The van der Waals surface area contributed by atoms with E-state index in [1.165, 1.54) is 27.7 Å². The smallest absolute Gasteiger partial charge is 0.322 e. The van der Waals surface area contributed by atoms with E-state index in [-0.39, 0.29) is 101 Å². The van der Waals surface area contributed by atoms with Gasteiger partial charge in [0.15, 0.2) is 11.6 Å². The number of allylic oxidation sites excluding steroid dienone is 6. The topological polar surface area (TPSA) is 239 Å². The third kappa shape index (κ3) is 7.97. The molecule has 0 fully saturated rings. The number of thiazole rings is 2. The summed E-state index contributed by atoms with van der Waals surface area (Å²) >= 11 is 1.59. The van der Waals surface area contributed by atoms with Crippen molar-refractivity contribution in [1.82, 2.24) is 9.97 Å². The van der Waals surface area contributed by atoms with Gasteiger partial charge in [0.25, 0.3) is 0 Å². The van der Waals surface area contributed by atoms with E-state index in [0.717, 1.165) is 22.7 Å². The first-order valence-corrected chi connectivity index (χ1v) is 14.2. The van der Waals surface area contributed by atoms with Gasteiger partial charge in [-0.05, 0) is 66.5 Å². The predicted molar refractivity (Wildman–Crippen MR) is 168 cm³/mol. The number of aromatic nitrogens is 2. The summed E-state index contributed by atoms with van der Waals surface area (Å²) in [5.74, 6) is -0.955. The third-order valence-corrected chi connectivity index (χ3v) is 8.67. The zero-order valence-corrected chi connectivity index (χ0v) is 27.7. The molecule has 2 N–H and O–H groups in total. The van der Waals surface area contributed by atoms with Gasteiger partial charge in [-0.3, -0.25) is 40.0 Å². The summed E-state index contributed by atoms with van der Waals surface area (Å²) in [5, 5.41) is 56.9. The Morgan fingerprint density at radius 2 is 0.891 bits per heavy atom. The summed E-state index contributed by atoms with van der Waals surface area (Å²) in [6, 6.07) is 0. The van der Waals surface area contributed by atoms with Gasteiger partial charge in [-0.1, -0.05) is 30.1 Å². The number of carbonyl (C=O) groups excluding carboxylic acids is 2. The molecule has 2 aliphatic rings. The van der Waals surface area contributed by atoms with Crippen molar-refractivity contribution in [2.24, 2.45) is 20.4 Å². The Morgan fingerprint density at radius 1 is 0.587 bits per heavy atom. The molecular weight excluding hydrogens is 687 g/mol. The quantitative estimate of drug-likeness (QED) is 0.255. The number of aliphatic hydroxyl groups is 2. The van der Waals surface area contributed by atoms with E-state index in [4.69, 9.17) is 0 Å². The molecule has 0 amide bonds. The number of hydrogen-bond acceptors (Lipinski definition) is 14. The molecule has 0 aliphatic heterocycles. The number of aryl methyl sites for hydroxylation is 2. The molecule has 16 nitrogen and oxygen atoms in total. The minimum atomic E-state index is -0.532. The summed E-state index contributed by atoms with van der Waals surface area (Å²) in [4.78, 5) is 52.3. The summed E-state index contributed by atoms with van der Waals surface area (Å²) < 4.78 is 0. The molecule has 2 aliphatic carbocycles. The van der Waals surface area contributed by atoms with Crippen molar-refractivity contribution in [3.63, 3.8) is 0 Å². The predicted octanol–water partition coefficient (Wildman–Crippen LogP) is 4.49. The van der Waals surface area contributed by atoms with Crippen LogP contribution in [0, 0.1) is 34.1 Å². The zero-order valence-electron chi connectivity index (χ0n) is 25.1. The molecule has 46 heavy (non-hydrogen) atoms. The van der Waals surface area contributed by atoms with Gasteiger partial charge in [-0.25, -0.2) is 0 Å². The molecule has 2 heterocycles. The number of carbonyl (C=O) groups is 2. The molecule has 0 saturated heterocycles. The van der Waals surface area contributed by atoms with E-state index in [0.29, 0.717) is 22.3 Å². The van der Waals surface area contributed by atoms with Crippen molar-refractivity contribution < 1.29 is 46.4 Å². The first kappa shape index (κ1) is 39.4. The van der Waals surface area contributed by atoms with Crippen LogP contribution < -0.4 is 19.6 Å². The first-order valence-electron chi connectivity index (χ1n) is 12.5. The van der Waals surface area contributed by atoms with Crippen molar-refractivity contribution in [3.8, 4) is 0 Å². The Kier molecular flexibility index (Phi) is 13.4. The van der Waals surface area contributed by atoms with E-state index in [2.05, 4.69) is 30.4 Å². The maximum atomic E-state index is 11.8. The molecule has 0 bridgehead atoms. The maximum absolute atomic E-state index is 11.8. The standard InChI is InChI=1S/2C13H14N4O4S.CH4.Co/c2*1-5-6(2)10(18)7(3)11(19)9(5)15-16-13-14-8(4)12(22-13)17(20)21;;/h2*1-4H3,(H2,14,16,18,19);1H4;/p-2. The van der Waals surface area contributed by atoms with Gasteiger partial charge < -0.3 is 30.4 Å². The van der Waals surface area contributed by atoms with Gasteiger partial charge in [-0.15, -0.1) is 0 Å². The Bertz CT molecular complexity index is 1760. The first-order chi connectivity index (χ1) is 20.5. The summed E-state index contributed by atoms with van der Waals surface area (Å²) in [6.45, 7) is 12.6. The van der Waals surface area contributed by atoms with Crippen LogP contribution in [0.2, 0.25) is 0 Å². The molecule has 19 heteroatoms. The van der Waals surface area contributed by atoms with E-state index in [9.17, 15) is 40.0 Å². The van der Waals surface area contributed by atoms with Gasteiger partial charge in [-0.2, -0.15) is 0 Å². The molecule has 0 unspecified atom stereocenters. The minimum Gasteiger partial charge on any atom is -0.505 e. The van der Waals surface area contributed by atoms with Crippen LogP contribution in [0.4, 0.5) is 10.0 Å². The number of Topliss-reactive ketones (excluding diaryl/α,β-unsaturated/α-hetero) is 2. The number of nitro groups is 2. The molecule has 2 aromatic rings. The molecule has 0 spiro atoms. The van der Waals surface area contributed by atoms with Crippen molar-refractivity contribution >= 4 is 55.7 Å². The van der Waals surface area contributed by atoms with Gasteiger partial charge in [0.2, 0.25) is 0 Å². The van der Waals surface area contributed by atoms with Crippen LogP contribution in [-0.4, -0.2) is 43.0 Å². The second-order valence-electron chi connectivity index (χ2n) is 9.49. The van der Waals surface area contributed by atoms with E-state index < -0.39 is 9.85 Å². The van der Waals surface area contributed by atoms with Crippen LogP contribution in [0.25, 0.3) is 0 Å². The Balaban J connectivity index is 0.000000441. The van der Waals surface area contributed by atoms with Crippen molar-refractivity contribution in [3.05, 3.63) is 86.2 Å². The SMILES string of the molecule is C.CC1=C(C)C(=NN=c2[n-]c(C)c([N+](=O)[O-])s2)C(O)=C(C)C1=O.CC1=C(C)C(=NN=c2[n-]c(C)c([N+](=O)[O-])s2)C(O)=C(C)C1=O.[Co]. The Hall–Kier alpha value is -4.59. The van der Waals surface area contributed by atoms with E-state index in [1.807, 2.05) is 0 Å². The second kappa shape index (κ2) is 15.6. The molecule has 1 radical (unpaired) electrons. The molecule has 249 valence electrons. The van der Waals surface area contributed by atoms with Crippen LogP contribution in [0.3, 0.4) is 0 Å². The second-order valence-corrected chi connectivity index (χ2v) is 11.4. The normalized spacial score (nSPS) is 17.8. The number of nitrogens with zero attached hydrogens (tertiary/aromatic N) is 8. The molecule has 0 atom stereocenters. The van der Waals surface area contributed by atoms with Crippen LogP contribution in [-0.2, 0) is 26.4 Å². The summed E-state index contributed by atoms with van der Waals surface area (Å²) in [6.07, 6.45) is 0. The van der Waals surface area contributed by atoms with E-state index >= 15 is 0 Å². The Morgan fingerprint density at radius 3 is 1.15 bits per heavy atom. The zero-order chi connectivity index (χ0) is 33.2. The van der Waals surface area contributed by atoms with Gasteiger partial charge in [0.05, 0.1) is 9.85 Å². The number of aliphatic hydroxyl groups excluding tert-OH is 2. The fourth-order valence-corrected chi connectivity index (χ4v) is 5.20. The number of ketones is 2. The maximum Gasteiger partial charge on any atom is 0.322 e. The van der Waals surface area contributed by atoms with Crippen molar-refractivity contribution in [2.75, 3.05) is 0 Å². The van der Waals surface area contributed by atoms with Crippen LogP contribution in [0.1, 0.15) is 60.4 Å². The van der Waals surface area contributed by atoms with E-state index in [1.54, 1.807) is 27.7 Å². The molecule has 2 aromatic heterocycles. The van der Waals surface area contributed by atoms with Gasteiger partial charge in [0, 0.05) is 60.1 Å². The van der Waals surface area contributed by atoms with Crippen LogP contribution in [0.5, 0.6) is 0 Å². The fourth-order valence-electron chi connectivity index (χ4n) is 3.79. The molecule has 0 aromatic carbocycles. The average molecular weight is 718 g/mol. The minimum absolute atomic E-state index is 0.